The van der Waals surface area contributed by atoms with Gasteiger partial charge in [0.05, 0.1) is 4.92 Å². The minimum atomic E-state index is -0.465. The van der Waals surface area contributed by atoms with Crippen molar-refractivity contribution in [2.45, 2.75) is 51.5 Å². The number of hydrogen-bond donors (Lipinski definition) is 1. The molecule has 0 spiro atoms. The molecule has 1 aliphatic rings. The molecule has 1 saturated carbocycles. The molecule has 1 aromatic rings. The Balaban J connectivity index is 1.77. The maximum atomic E-state index is 12.0. The molecular formula is C17H24N2O4. The summed E-state index contributed by atoms with van der Waals surface area (Å²) >= 11 is 0. The predicted molar refractivity (Wildman–Crippen MR) is 87.4 cm³/mol. The second-order valence-corrected chi connectivity index (χ2v) is 6.05. The van der Waals surface area contributed by atoms with Crippen molar-refractivity contribution in [3.8, 4) is 5.75 Å². The molecule has 1 fully saturated rings. The second-order valence-electron chi connectivity index (χ2n) is 6.05. The molecule has 0 radical (unpaired) electrons. The zero-order valence-electron chi connectivity index (χ0n) is 13.5. The fourth-order valence-electron chi connectivity index (χ4n) is 3.10. The van der Waals surface area contributed by atoms with E-state index in [9.17, 15) is 14.9 Å². The highest BCUT2D eigenvalue weighted by molar-refractivity contribution is 5.77. The number of rotatable bonds is 8. The van der Waals surface area contributed by atoms with Gasteiger partial charge in [-0.25, -0.2) is 0 Å². The molecule has 126 valence electrons. The van der Waals surface area contributed by atoms with E-state index in [1.807, 2.05) is 0 Å². The molecule has 0 aliphatic heterocycles. The third kappa shape index (κ3) is 5.23. The monoisotopic (exact) mass is 320 g/mol. The van der Waals surface area contributed by atoms with Gasteiger partial charge in [0.15, 0.2) is 6.61 Å². The van der Waals surface area contributed by atoms with Crippen LogP contribution < -0.4 is 10.1 Å². The highest BCUT2D eigenvalue weighted by Gasteiger charge is 2.27. The van der Waals surface area contributed by atoms with Gasteiger partial charge in [-0.15, -0.1) is 0 Å². The Labute approximate surface area is 136 Å². The summed E-state index contributed by atoms with van der Waals surface area (Å²) in [7, 11) is 0. The molecule has 2 unspecified atom stereocenters. The van der Waals surface area contributed by atoms with Crippen molar-refractivity contribution in [1.29, 1.82) is 0 Å². The van der Waals surface area contributed by atoms with Crippen LogP contribution in [0.15, 0.2) is 24.3 Å². The SMILES string of the molecule is CCCCC1CCCC1NC(=O)COc1ccc([N+](=O)[O-])cc1. The van der Waals surface area contributed by atoms with Crippen LogP contribution in [-0.2, 0) is 4.79 Å². The number of nitro benzene ring substituents is 1. The number of carbonyl (C=O) groups excluding carboxylic acids is 1. The molecule has 0 aromatic heterocycles. The maximum Gasteiger partial charge on any atom is 0.269 e. The molecule has 0 heterocycles. The molecule has 2 rings (SSSR count). The minimum absolute atomic E-state index is 0.00604. The number of carbonyl (C=O) groups is 1. The van der Waals surface area contributed by atoms with E-state index in [0.29, 0.717) is 11.7 Å². The van der Waals surface area contributed by atoms with Crippen molar-refractivity contribution >= 4 is 11.6 Å². The first-order chi connectivity index (χ1) is 11.1. The molecule has 23 heavy (non-hydrogen) atoms. The van der Waals surface area contributed by atoms with E-state index >= 15 is 0 Å². The molecule has 6 nitrogen and oxygen atoms in total. The van der Waals surface area contributed by atoms with Crippen LogP contribution in [0, 0.1) is 16.0 Å². The Morgan fingerprint density at radius 1 is 1.35 bits per heavy atom. The molecule has 0 saturated heterocycles. The van der Waals surface area contributed by atoms with Crippen LogP contribution in [0.1, 0.15) is 45.4 Å². The van der Waals surface area contributed by atoms with E-state index in [4.69, 9.17) is 4.74 Å². The number of ether oxygens (including phenoxy) is 1. The molecule has 1 aromatic carbocycles. The Hall–Kier alpha value is -2.11. The summed E-state index contributed by atoms with van der Waals surface area (Å²) in [5, 5.41) is 13.6. The van der Waals surface area contributed by atoms with E-state index in [1.165, 1.54) is 56.4 Å². The van der Waals surface area contributed by atoms with Gasteiger partial charge in [0, 0.05) is 18.2 Å². The van der Waals surface area contributed by atoms with Gasteiger partial charge in [-0.05, 0) is 37.3 Å². The summed E-state index contributed by atoms with van der Waals surface area (Å²) in [5.41, 5.74) is 0.00604. The lowest BCUT2D eigenvalue weighted by molar-refractivity contribution is -0.384. The Bertz CT molecular complexity index is 530. The van der Waals surface area contributed by atoms with Crippen LogP contribution in [0.4, 0.5) is 5.69 Å². The summed E-state index contributed by atoms with van der Waals surface area (Å²) in [6.07, 6.45) is 6.95. The average Bonchev–Trinajstić information content (AvgIpc) is 2.98. The van der Waals surface area contributed by atoms with E-state index in [-0.39, 0.29) is 24.2 Å². The molecule has 1 N–H and O–H groups in total. The molecule has 0 bridgehead atoms. The van der Waals surface area contributed by atoms with Gasteiger partial charge < -0.3 is 10.1 Å². The quantitative estimate of drug-likeness (QED) is 0.587. The summed E-state index contributed by atoms with van der Waals surface area (Å²) < 4.78 is 5.39. The number of nitro groups is 1. The fraction of sp³-hybridized carbons (Fsp3) is 0.588. The zero-order chi connectivity index (χ0) is 16.7. The van der Waals surface area contributed by atoms with Gasteiger partial charge in [-0.3, -0.25) is 14.9 Å². The van der Waals surface area contributed by atoms with Crippen LogP contribution in [0.3, 0.4) is 0 Å². The summed E-state index contributed by atoms with van der Waals surface area (Å²) in [6, 6.07) is 6.00. The van der Waals surface area contributed by atoms with E-state index in [1.54, 1.807) is 0 Å². The summed E-state index contributed by atoms with van der Waals surface area (Å²) in [4.78, 5) is 22.1. The average molecular weight is 320 g/mol. The van der Waals surface area contributed by atoms with Gasteiger partial charge in [-0.2, -0.15) is 0 Å². The first-order valence-corrected chi connectivity index (χ1v) is 8.26. The number of nitrogens with zero attached hydrogens (tertiary/aromatic N) is 1. The summed E-state index contributed by atoms with van der Waals surface area (Å²) in [5.74, 6) is 0.912. The number of non-ortho nitro benzene ring substituents is 1. The predicted octanol–water partition coefficient (Wildman–Crippen LogP) is 3.45. The molecular weight excluding hydrogens is 296 g/mol. The smallest absolute Gasteiger partial charge is 0.269 e. The van der Waals surface area contributed by atoms with Crippen molar-refractivity contribution in [2.75, 3.05) is 6.61 Å². The highest BCUT2D eigenvalue weighted by atomic mass is 16.6. The minimum Gasteiger partial charge on any atom is -0.484 e. The lowest BCUT2D eigenvalue weighted by atomic mass is 9.97. The normalized spacial score (nSPS) is 20.2. The first kappa shape index (κ1) is 17.2. The first-order valence-electron chi connectivity index (χ1n) is 8.26. The molecule has 1 aliphatic carbocycles. The van der Waals surface area contributed by atoms with Crippen LogP contribution in [0.5, 0.6) is 5.75 Å². The highest BCUT2D eigenvalue weighted by Crippen LogP contribution is 2.29. The van der Waals surface area contributed by atoms with Crippen molar-refractivity contribution in [3.63, 3.8) is 0 Å². The van der Waals surface area contributed by atoms with Gasteiger partial charge in [0.2, 0.25) is 0 Å². The zero-order valence-corrected chi connectivity index (χ0v) is 13.5. The lowest BCUT2D eigenvalue weighted by Crippen LogP contribution is -2.40. The fourth-order valence-corrected chi connectivity index (χ4v) is 3.10. The van der Waals surface area contributed by atoms with Gasteiger partial charge in [-0.1, -0.05) is 26.2 Å². The van der Waals surface area contributed by atoms with E-state index < -0.39 is 4.92 Å². The third-order valence-electron chi connectivity index (χ3n) is 4.35. The van der Waals surface area contributed by atoms with Crippen molar-refractivity contribution < 1.29 is 14.5 Å². The number of benzene rings is 1. The Morgan fingerprint density at radius 3 is 2.74 bits per heavy atom. The number of nitrogens with one attached hydrogen (secondary N) is 1. The van der Waals surface area contributed by atoms with Gasteiger partial charge in [0.25, 0.3) is 11.6 Å². The number of hydrogen-bond acceptors (Lipinski definition) is 4. The lowest BCUT2D eigenvalue weighted by Gasteiger charge is -2.21. The standard InChI is InChI=1S/C17H24N2O4/c1-2-3-5-13-6-4-7-16(13)18-17(20)12-23-15-10-8-14(9-11-15)19(21)22/h8-11,13,16H,2-7,12H2,1H3,(H,18,20). The molecule has 2 atom stereocenters. The van der Waals surface area contributed by atoms with Crippen LogP contribution >= 0.6 is 0 Å². The maximum absolute atomic E-state index is 12.0. The van der Waals surface area contributed by atoms with Crippen molar-refractivity contribution in [1.82, 2.24) is 5.32 Å². The molecule has 6 heteroatoms. The second kappa shape index (κ2) is 8.50. The molecule has 1 amide bonds. The van der Waals surface area contributed by atoms with Crippen molar-refractivity contribution in [3.05, 3.63) is 34.4 Å². The summed E-state index contributed by atoms with van der Waals surface area (Å²) in [6.45, 7) is 2.12. The van der Waals surface area contributed by atoms with Crippen molar-refractivity contribution in [2.24, 2.45) is 5.92 Å². The van der Waals surface area contributed by atoms with Crippen LogP contribution in [0.25, 0.3) is 0 Å². The van der Waals surface area contributed by atoms with Gasteiger partial charge in [0.1, 0.15) is 5.75 Å². The third-order valence-corrected chi connectivity index (χ3v) is 4.35. The number of unbranched alkanes of at least 4 members (excludes halogenated alkanes) is 1. The largest absolute Gasteiger partial charge is 0.484 e. The van der Waals surface area contributed by atoms with Crippen LogP contribution in [0.2, 0.25) is 0 Å². The Kier molecular flexibility index (Phi) is 6.38. The van der Waals surface area contributed by atoms with Gasteiger partial charge >= 0.3 is 0 Å². The topological polar surface area (TPSA) is 81.5 Å². The van der Waals surface area contributed by atoms with E-state index in [2.05, 4.69) is 12.2 Å². The van der Waals surface area contributed by atoms with Crippen LogP contribution in [-0.4, -0.2) is 23.5 Å². The number of amides is 1. The van der Waals surface area contributed by atoms with E-state index in [0.717, 1.165) is 6.42 Å². The Morgan fingerprint density at radius 2 is 2.09 bits per heavy atom.